The van der Waals surface area contributed by atoms with Gasteiger partial charge in [-0.3, -0.25) is 29.8 Å². The molecule has 0 fully saturated rings. The van der Waals surface area contributed by atoms with Crippen LogP contribution >= 0.6 is 0 Å². The zero-order valence-electron chi connectivity index (χ0n) is 20.8. The van der Waals surface area contributed by atoms with Crippen LogP contribution in [0, 0.1) is 24.0 Å². The molecule has 0 atom stereocenters. The van der Waals surface area contributed by atoms with Crippen molar-refractivity contribution in [2.45, 2.75) is 20.4 Å². The van der Waals surface area contributed by atoms with E-state index in [1.807, 2.05) is 0 Å². The van der Waals surface area contributed by atoms with Gasteiger partial charge in [-0.25, -0.2) is 4.98 Å². The molecule has 1 N–H and O–H groups in total. The third-order valence-electron chi connectivity index (χ3n) is 5.75. The first kappa shape index (κ1) is 25.2. The molecule has 13 heteroatoms. The van der Waals surface area contributed by atoms with Crippen LogP contribution in [0.15, 0.2) is 41.2 Å². The van der Waals surface area contributed by atoms with Crippen molar-refractivity contribution in [2.75, 3.05) is 26.8 Å². The number of nitrogens with zero attached hydrogens (tertiary/aromatic N) is 5. The Labute approximate surface area is 210 Å². The van der Waals surface area contributed by atoms with Crippen LogP contribution in [0.25, 0.3) is 22.3 Å². The third-order valence-corrected chi connectivity index (χ3v) is 5.75. The number of aromatic nitrogens is 4. The predicted octanol–water partition coefficient (Wildman–Crippen LogP) is 2.58. The highest BCUT2D eigenvalue weighted by Gasteiger charge is 2.24. The SMILES string of the molecule is COc1cc(-c2nc3ccccc3c(=O)n2NC(=O)Cn2nc(C)c([N+](=O)[O-])c2C)cc(OC)c1OC. The lowest BCUT2D eigenvalue weighted by Crippen LogP contribution is -2.37. The molecule has 0 unspecified atom stereocenters. The van der Waals surface area contributed by atoms with Gasteiger partial charge in [0, 0.05) is 5.56 Å². The molecule has 1 amide bonds. The molecule has 2 heterocycles. The van der Waals surface area contributed by atoms with E-state index in [2.05, 4.69) is 15.5 Å². The Morgan fingerprint density at radius 2 is 1.73 bits per heavy atom. The molecular weight excluding hydrogens is 484 g/mol. The summed E-state index contributed by atoms with van der Waals surface area (Å²) in [4.78, 5) is 41.9. The zero-order chi connectivity index (χ0) is 26.9. The van der Waals surface area contributed by atoms with E-state index >= 15 is 0 Å². The molecule has 0 saturated carbocycles. The van der Waals surface area contributed by atoms with Gasteiger partial charge in [-0.05, 0) is 38.1 Å². The van der Waals surface area contributed by atoms with Gasteiger partial charge in [0.2, 0.25) is 5.75 Å². The summed E-state index contributed by atoms with van der Waals surface area (Å²) in [5.41, 5.74) is 3.08. The highest BCUT2D eigenvalue weighted by Crippen LogP contribution is 2.40. The van der Waals surface area contributed by atoms with Gasteiger partial charge in [-0.15, -0.1) is 0 Å². The topological polar surface area (TPSA) is 153 Å². The van der Waals surface area contributed by atoms with Crippen molar-refractivity contribution in [1.82, 2.24) is 19.4 Å². The number of rotatable bonds is 8. The number of ether oxygens (including phenoxy) is 3. The molecule has 0 saturated heterocycles. The lowest BCUT2D eigenvalue weighted by molar-refractivity contribution is -0.386. The van der Waals surface area contributed by atoms with Crippen LogP contribution in [0.2, 0.25) is 0 Å². The van der Waals surface area contributed by atoms with Crippen molar-refractivity contribution in [1.29, 1.82) is 0 Å². The van der Waals surface area contributed by atoms with Crippen LogP contribution in [0.1, 0.15) is 11.4 Å². The van der Waals surface area contributed by atoms with Crippen molar-refractivity contribution >= 4 is 22.5 Å². The fraction of sp³-hybridized carbons (Fsp3) is 0.250. The molecule has 0 radical (unpaired) electrons. The van der Waals surface area contributed by atoms with Crippen LogP contribution in [0.4, 0.5) is 5.69 Å². The normalized spacial score (nSPS) is 10.8. The van der Waals surface area contributed by atoms with Crippen molar-refractivity contribution in [2.24, 2.45) is 0 Å². The molecule has 4 rings (SSSR count). The lowest BCUT2D eigenvalue weighted by Gasteiger charge is -2.17. The number of amides is 1. The number of carbonyl (C=O) groups is 1. The Morgan fingerprint density at radius 1 is 1.08 bits per heavy atom. The maximum absolute atomic E-state index is 13.5. The monoisotopic (exact) mass is 508 g/mol. The van der Waals surface area contributed by atoms with Crippen molar-refractivity contribution in [3.8, 4) is 28.6 Å². The van der Waals surface area contributed by atoms with E-state index in [-0.39, 0.29) is 34.8 Å². The summed E-state index contributed by atoms with van der Waals surface area (Å²) in [6.07, 6.45) is 0. The molecule has 0 bridgehead atoms. The number of methoxy groups -OCH3 is 3. The lowest BCUT2D eigenvalue weighted by atomic mass is 10.1. The molecule has 37 heavy (non-hydrogen) atoms. The molecule has 0 spiro atoms. The number of benzene rings is 2. The number of hydrogen-bond donors (Lipinski definition) is 1. The average molecular weight is 508 g/mol. The van der Waals surface area contributed by atoms with Crippen LogP contribution in [0.3, 0.4) is 0 Å². The summed E-state index contributed by atoms with van der Waals surface area (Å²) in [6, 6.07) is 9.91. The molecule has 0 aliphatic carbocycles. The first-order chi connectivity index (χ1) is 17.7. The van der Waals surface area contributed by atoms with Crippen LogP contribution in [0.5, 0.6) is 17.2 Å². The minimum absolute atomic E-state index is 0.107. The summed E-state index contributed by atoms with van der Waals surface area (Å²) in [5, 5.41) is 15.7. The molecule has 2 aromatic carbocycles. The summed E-state index contributed by atoms with van der Waals surface area (Å²) in [6.45, 7) is 2.62. The second kappa shape index (κ2) is 9.97. The first-order valence-electron chi connectivity index (χ1n) is 11.0. The Kier molecular flexibility index (Phi) is 6.78. The van der Waals surface area contributed by atoms with Crippen molar-refractivity contribution in [3.63, 3.8) is 0 Å². The maximum atomic E-state index is 13.5. The quantitative estimate of drug-likeness (QED) is 0.279. The van der Waals surface area contributed by atoms with E-state index in [0.29, 0.717) is 28.3 Å². The predicted molar refractivity (Wildman–Crippen MR) is 134 cm³/mol. The van der Waals surface area contributed by atoms with E-state index < -0.39 is 16.4 Å². The van der Waals surface area contributed by atoms with E-state index in [9.17, 15) is 19.7 Å². The average Bonchev–Trinajstić information content (AvgIpc) is 3.16. The minimum Gasteiger partial charge on any atom is -0.493 e. The number of carbonyl (C=O) groups excluding carboxylic acids is 1. The molecule has 0 aliphatic heterocycles. The van der Waals surface area contributed by atoms with Crippen molar-refractivity contribution < 1.29 is 23.9 Å². The second-order valence-corrected chi connectivity index (χ2v) is 7.98. The van der Waals surface area contributed by atoms with Gasteiger partial charge in [0.1, 0.15) is 17.9 Å². The smallest absolute Gasteiger partial charge is 0.312 e. The summed E-state index contributed by atoms with van der Waals surface area (Å²) in [5.74, 6) is 0.460. The maximum Gasteiger partial charge on any atom is 0.312 e. The minimum atomic E-state index is -0.645. The molecule has 192 valence electrons. The van der Waals surface area contributed by atoms with E-state index in [0.717, 1.165) is 4.68 Å². The molecule has 4 aromatic rings. The zero-order valence-corrected chi connectivity index (χ0v) is 20.8. The number of para-hydroxylation sites is 1. The standard InChI is InChI=1S/C24H24N6O7/c1-13-21(30(33)34)14(2)28(26-13)12-20(31)27-29-23(25-17-9-7-6-8-16(17)24(29)32)15-10-18(35-3)22(37-5)19(11-15)36-4/h6-11H,12H2,1-5H3,(H,27,31). The largest absolute Gasteiger partial charge is 0.493 e. The molecular formula is C24H24N6O7. The Hall–Kier alpha value is -4.94. The molecule has 0 aliphatic rings. The van der Waals surface area contributed by atoms with Crippen LogP contribution in [-0.4, -0.2) is 51.6 Å². The highest BCUT2D eigenvalue weighted by molar-refractivity contribution is 5.86. The number of nitrogens with one attached hydrogen (secondary N) is 1. The van der Waals surface area contributed by atoms with E-state index in [1.165, 1.54) is 39.9 Å². The fourth-order valence-corrected chi connectivity index (χ4v) is 4.04. The van der Waals surface area contributed by atoms with Gasteiger partial charge in [0.15, 0.2) is 17.3 Å². The number of fused-ring (bicyclic) bond motifs is 1. The molecule has 13 nitrogen and oxygen atoms in total. The van der Waals surface area contributed by atoms with Crippen LogP contribution in [-0.2, 0) is 11.3 Å². The van der Waals surface area contributed by atoms with Gasteiger partial charge in [-0.2, -0.15) is 9.77 Å². The molecule has 2 aromatic heterocycles. The van der Waals surface area contributed by atoms with Crippen molar-refractivity contribution in [3.05, 3.63) is 68.3 Å². The van der Waals surface area contributed by atoms with Gasteiger partial charge in [-0.1, -0.05) is 12.1 Å². The summed E-state index contributed by atoms with van der Waals surface area (Å²) >= 11 is 0. The Balaban J connectivity index is 1.84. The highest BCUT2D eigenvalue weighted by atomic mass is 16.6. The van der Waals surface area contributed by atoms with E-state index in [1.54, 1.807) is 36.4 Å². The van der Waals surface area contributed by atoms with E-state index in [4.69, 9.17) is 14.2 Å². The number of aryl methyl sites for hydroxylation is 1. The fourth-order valence-electron chi connectivity index (χ4n) is 4.04. The third kappa shape index (κ3) is 4.53. The van der Waals surface area contributed by atoms with Crippen LogP contribution < -0.4 is 25.2 Å². The number of hydrogen-bond acceptors (Lipinski definition) is 9. The summed E-state index contributed by atoms with van der Waals surface area (Å²) < 4.78 is 18.5. The second-order valence-electron chi connectivity index (χ2n) is 7.98. The first-order valence-corrected chi connectivity index (χ1v) is 11.0. The Bertz CT molecular complexity index is 1570. The van der Waals surface area contributed by atoms with Gasteiger partial charge in [0.25, 0.3) is 11.5 Å². The van der Waals surface area contributed by atoms with Gasteiger partial charge >= 0.3 is 5.69 Å². The Morgan fingerprint density at radius 3 is 2.30 bits per heavy atom. The summed E-state index contributed by atoms with van der Waals surface area (Å²) in [7, 11) is 4.38. The van der Waals surface area contributed by atoms with Gasteiger partial charge in [0.05, 0.1) is 37.2 Å². The number of nitro groups is 1. The van der Waals surface area contributed by atoms with Gasteiger partial charge < -0.3 is 14.2 Å².